The molecule has 1 aromatic rings. The van der Waals surface area contributed by atoms with Crippen LogP contribution in [0.15, 0.2) is 12.1 Å². The molecule has 0 bridgehead atoms. The van der Waals surface area contributed by atoms with Gasteiger partial charge in [0, 0.05) is 5.56 Å². The van der Waals surface area contributed by atoms with E-state index in [1.165, 1.54) is 6.07 Å². The van der Waals surface area contributed by atoms with E-state index >= 15 is 0 Å². The summed E-state index contributed by atoms with van der Waals surface area (Å²) in [5, 5.41) is 8.36. The number of aldehydes is 1. The summed E-state index contributed by atoms with van der Waals surface area (Å²) in [6.45, 7) is 0. The molecule has 0 amide bonds. The number of benzene rings is 1. The predicted molar refractivity (Wildman–Crippen MR) is 41.5 cm³/mol. The largest absolute Gasteiger partial charge is 0.419 e. The van der Waals surface area contributed by atoms with Crippen molar-refractivity contribution in [3.63, 3.8) is 0 Å². The summed E-state index contributed by atoms with van der Waals surface area (Å²) in [7, 11) is 0. The van der Waals surface area contributed by atoms with Crippen LogP contribution in [0.3, 0.4) is 0 Å². The van der Waals surface area contributed by atoms with Crippen LogP contribution in [0.2, 0.25) is 0 Å². The lowest BCUT2D eigenvalue weighted by atomic mass is 10.1. The third kappa shape index (κ3) is 2.13. The number of halogens is 4. The van der Waals surface area contributed by atoms with E-state index in [2.05, 4.69) is 0 Å². The van der Waals surface area contributed by atoms with Gasteiger partial charge in [-0.3, -0.25) is 4.79 Å². The lowest BCUT2D eigenvalue weighted by Crippen LogP contribution is -2.10. The number of hydrogen-bond acceptors (Lipinski definition) is 2. The first-order chi connectivity index (χ1) is 6.90. The van der Waals surface area contributed by atoms with Gasteiger partial charge in [-0.15, -0.1) is 0 Å². The molecule has 0 aromatic heterocycles. The standard InChI is InChI=1S/C9H3F4NO/c10-8-6(3-14)1-5(4-15)2-7(8)9(11,12)13/h1-2,4H. The second-order valence-electron chi connectivity index (χ2n) is 2.66. The van der Waals surface area contributed by atoms with Crippen LogP contribution in [0.4, 0.5) is 17.6 Å². The number of carbonyl (C=O) groups is 1. The Morgan fingerprint density at radius 3 is 2.33 bits per heavy atom. The smallest absolute Gasteiger partial charge is 0.298 e. The molecule has 1 rings (SSSR count). The molecule has 6 heteroatoms. The Labute approximate surface area is 81.7 Å². The summed E-state index contributed by atoms with van der Waals surface area (Å²) in [4.78, 5) is 10.3. The Hall–Kier alpha value is -1.90. The molecule has 0 unspecified atom stereocenters. The van der Waals surface area contributed by atoms with Crippen molar-refractivity contribution in [3.8, 4) is 6.07 Å². The lowest BCUT2D eigenvalue weighted by Gasteiger charge is -2.09. The average molecular weight is 217 g/mol. The topological polar surface area (TPSA) is 40.9 Å². The van der Waals surface area contributed by atoms with Gasteiger partial charge in [-0.2, -0.15) is 18.4 Å². The van der Waals surface area contributed by atoms with E-state index in [9.17, 15) is 22.4 Å². The maximum absolute atomic E-state index is 13.0. The third-order valence-corrected chi connectivity index (χ3v) is 1.66. The third-order valence-electron chi connectivity index (χ3n) is 1.66. The van der Waals surface area contributed by atoms with E-state index in [4.69, 9.17) is 5.26 Å². The molecule has 0 N–H and O–H groups in total. The van der Waals surface area contributed by atoms with E-state index in [0.29, 0.717) is 6.07 Å². The van der Waals surface area contributed by atoms with Gasteiger partial charge in [-0.1, -0.05) is 0 Å². The number of nitrogens with zero attached hydrogens (tertiary/aromatic N) is 1. The highest BCUT2D eigenvalue weighted by Gasteiger charge is 2.35. The molecule has 0 atom stereocenters. The molecule has 78 valence electrons. The fraction of sp³-hybridized carbons (Fsp3) is 0.111. The van der Waals surface area contributed by atoms with E-state index < -0.39 is 23.1 Å². The maximum atomic E-state index is 13.0. The molecule has 0 saturated heterocycles. The van der Waals surface area contributed by atoms with E-state index in [1.807, 2.05) is 0 Å². The number of hydrogen-bond donors (Lipinski definition) is 0. The molecule has 2 nitrogen and oxygen atoms in total. The van der Waals surface area contributed by atoms with Crippen LogP contribution >= 0.6 is 0 Å². The molecule has 0 radical (unpaired) electrons. The Morgan fingerprint density at radius 2 is 1.93 bits per heavy atom. The number of rotatable bonds is 1. The molecule has 1 aromatic carbocycles. The van der Waals surface area contributed by atoms with E-state index in [1.54, 1.807) is 0 Å². The van der Waals surface area contributed by atoms with Gasteiger partial charge in [0.15, 0.2) is 5.82 Å². The van der Waals surface area contributed by atoms with Crippen LogP contribution in [-0.2, 0) is 6.18 Å². The van der Waals surface area contributed by atoms with Crippen molar-refractivity contribution in [2.45, 2.75) is 6.18 Å². The summed E-state index contributed by atoms with van der Waals surface area (Å²) in [5.74, 6) is -1.66. The summed E-state index contributed by atoms with van der Waals surface area (Å²) in [6, 6.07) is 2.37. The zero-order chi connectivity index (χ0) is 11.6. The molecular weight excluding hydrogens is 214 g/mol. The Kier molecular flexibility index (Phi) is 2.75. The monoisotopic (exact) mass is 217 g/mol. The van der Waals surface area contributed by atoms with Crippen LogP contribution in [0.5, 0.6) is 0 Å². The molecule has 0 saturated carbocycles. The van der Waals surface area contributed by atoms with Crippen molar-refractivity contribution in [2.24, 2.45) is 0 Å². The lowest BCUT2D eigenvalue weighted by molar-refractivity contribution is -0.140. The quantitative estimate of drug-likeness (QED) is 0.535. The first kappa shape index (κ1) is 11.2. The van der Waals surface area contributed by atoms with Gasteiger partial charge in [-0.05, 0) is 12.1 Å². The number of nitriles is 1. The fourth-order valence-electron chi connectivity index (χ4n) is 1.00. The average Bonchev–Trinajstić information content (AvgIpc) is 2.16. The molecular formula is C9H3F4NO. The molecule has 0 aliphatic rings. The molecule has 0 heterocycles. The Balaban J connectivity index is 3.53. The maximum Gasteiger partial charge on any atom is 0.419 e. The van der Waals surface area contributed by atoms with Crippen molar-refractivity contribution in [3.05, 3.63) is 34.6 Å². The first-order valence-electron chi connectivity index (χ1n) is 3.66. The molecule has 0 aliphatic carbocycles. The Morgan fingerprint density at radius 1 is 1.33 bits per heavy atom. The van der Waals surface area contributed by atoms with Gasteiger partial charge < -0.3 is 0 Å². The summed E-state index contributed by atoms with van der Waals surface area (Å²) >= 11 is 0. The summed E-state index contributed by atoms with van der Waals surface area (Å²) < 4.78 is 49.7. The van der Waals surface area contributed by atoms with Crippen LogP contribution in [0, 0.1) is 17.1 Å². The molecule has 0 fully saturated rings. The van der Waals surface area contributed by atoms with Crippen molar-refractivity contribution in [1.82, 2.24) is 0 Å². The normalized spacial score (nSPS) is 10.9. The van der Waals surface area contributed by atoms with Gasteiger partial charge in [-0.25, -0.2) is 4.39 Å². The van der Waals surface area contributed by atoms with Crippen LogP contribution < -0.4 is 0 Å². The summed E-state index contributed by atoms with van der Waals surface area (Å²) in [6.07, 6.45) is -4.80. The van der Waals surface area contributed by atoms with Gasteiger partial charge in [0.1, 0.15) is 12.4 Å². The highest BCUT2D eigenvalue weighted by Crippen LogP contribution is 2.33. The number of alkyl halides is 3. The molecule has 15 heavy (non-hydrogen) atoms. The summed E-state index contributed by atoms with van der Waals surface area (Å²) in [5.41, 5.74) is -2.80. The zero-order valence-electron chi connectivity index (χ0n) is 7.10. The van der Waals surface area contributed by atoms with Crippen molar-refractivity contribution in [2.75, 3.05) is 0 Å². The second kappa shape index (κ2) is 3.69. The fourth-order valence-corrected chi connectivity index (χ4v) is 1.00. The molecule has 0 spiro atoms. The minimum atomic E-state index is -4.92. The highest BCUT2D eigenvalue weighted by molar-refractivity contribution is 5.76. The zero-order valence-corrected chi connectivity index (χ0v) is 7.10. The minimum absolute atomic E-state index is 0.121. The van der Waals surface area contributed by atoms with Gasteiger partial charge in [0.2, 0.25) is 0 Å². The van der Waals surface area contributed by atoms with Gasteiger partial charge in [0.05, 0.1) is 11.1 Å². The number of carbonyl (C=O) groups excluding carboxylic acids is 1. The van der Waals surface area contributed by atoms with Crippen molar-refractivity contribution >= 4 is 6.29 Å². The van der Waals surface area contributed by atoms with Gasteiger partial charge in [0.25, 0.3) is 0 Å². The van der Waals surface area contributed by atoms with Gasteiger partial charge >= 0.3 is 6.18 Å². The van der Waals surface area contributed by atoms with Crippen molar-refractivity contribution < 1.29 is 22.4 Å². The second-order valence-corrected chi connectivity index (χ2v) is 2.66. The predicted octanol–water partition coefficient (Wildman–Crippen LogP) is 2.53. The van der Waals surface area contributed by atoms with Crippen LogP contribution in [-0.4, -0.2) is 6.29 Å². The van der Waals surface area contributed by atoms with Crippen LogP contribution in [0.25, 0.3) is 0 Å². The first-order valence-corrected chi connectivity index (χ1v) is 3.66. The Bertz CT molecular complexity index is 445. The van der Waals surface area contributed by atoms with Crippen LogP contribution in [0.1, 0.15) is 21.5 Å². The highest BCUT2D eigenvalue weighted by atomic mass is 19.4. The SMILES string of the molecule is N#Cc1cc(C=O)cc(C(F)(F)F)c1F. The van der Waals surface area contributed by atoms with E-state index in [0.717, 1.165) is 6.07 Å². The molecule has 0 aliphatic heterocycles. The van der Waals surface area contributed by atoms with Crippen molar-refractivity contribution in [1.29, 1.82) is 5.26 Å². The minimum Gasteiger partial charge on any atom is -0.298 e. The van der Waals surface area contributed by atoms with E-state index in [-0.39, 0.29) is 11.8 Å².